The van der Waals surface area contributed by atoms with Crippen molar-refractivity contribution >= 4 is 22.9 Å². The second kappa shape index (κ2) is 5.59. The predicted octanol–water partition coefficient (Wildman–Crippen LogP) is 3.70. The van der Waals surface area contributed by atoms with E-state index in [9.17, 15) is 4.79 Å². The first-order valence-electron chi connectivity index (χ1n) is 6.52. The lowest BCUT2D eigenvalue weighted by molar-refractivity contribution is 0.514. The molecule has 0 amide bonds. The standard InChI is InChI=1S/C16H15NO2S/c1-12-6-2-5-9-15(12)20-11-10-17-13-7-3-4-8-14(13)19-16(17)18/h2-9H,10-11H2,1H3. The van der Waals surface area contributed by atoms with E-state index in [4.69, 9.17) is 4.42 Å². The van der Waals surface area contributed by atoms with Crippen molar-refractivity contribution in [2.45, 2.75) is 18.4 Å². The number of hydrogen-bond donors (Lipinski definition) is 0. The molecule has 3 aromatic rings. The number of hydrogen-bond acceptors (Lipinski definition) is 3. The molecule has 0 radical (unpaired) electrons. The van der Waals surface area contributed by atoms with E-state index in [2.05, 4.69) is 19.1 Å². The number of nitrogens with zero attached hydrogens (tertiary/aromatic N) is 1. The number of aromatic nitrogens is 1. The minimum absolute atomic E-state index is 0.281. The van der Waals surface area contributed by atoms with Gasteiger partial charge in [0, 0.05) is 17.2 Å². The van der Waals surface area contributed by atoms with E-state index in [0.717, 1.165) is 11.3 Å². The van der Waals surface area contributed by atoms with Crippen LogP contribution in [0, 0.1) is 6.92 Å². The van der Waals surface area contributed by atoms with Crippen molar-refractivity contribution in [3.63, 3.8) is 0 Å². The number of aryl methyl sites for hydroxylation is 2. The molecular weight excluding hydrogens is 270 g/mol. The third-order valence-corrected chi connectivity index (χ3v) is 4.40. The summed E-state index contributed by atoms with van der Waals surface area (Å²) in [4.78, 5) is 13.1. The normalized spacial score (nSPS) is 11.1. The molecule has 1 aromatic heterocycles. The third-order valence-electron chi connectivity index (χ3n) is 3.24. The highest BCUT2D eigenvalue weighted by Crippen LogP contribution is 2.22. The smallest absolute Gasteiger partial charge is 0.408 e. The minimum Gasteiger partial charge on any atom is -0.408 e. The summed E-state index contributed by atoms with van der Waals surface area (Å²) in [6.45, 7) is 2.75. The van der Waals surface area contributed by atoms with Gasteiger partial charge in [-0.15, -0.1) is 11.8 Å². The summed E-state index contributed by atoms with van der Waals surface area (Å²) in [6, 6.07) is 15.8. The number of fused-ring (bicyclic) bond motifs is 1. The zero-order valence-electron chi connectivity index (χ0n) is 11.2. The maximum Gasteiger partial charge on any atom is 0.419 e. The molecule has 1 heterocycles. The fourth-order valence-electron chi connectivity index (χ4n) is 2.19. The van der Waals surface area contributed by atoms with Crippen molar-refractivity contribution in [2.75, 3.05) is 5.75 Å². The molecule has 0 spiro atoms. The molecule has 0 saturated carbocycles. The Morgan fingerprint density at radius 1 is 1.10 bits per heavy atom. The van der Waals surface area contributed by atoms with Crippen LogP contribution in [0.1, 0.15) is 5.56 Å². The molecule has 0 unspecified atom stereocenters. The summed E-state index contributed by atoms with van der Waals surface area (Å²) in [6.07, 6.45) is 0. The summed E-state index contributed by atoms with van der Waals surface area (Å²) in [5.41, 5.74) is 2.78. The number of thioether (sulfide) groups is 1. The molecule has 0 atom stereocenters. The molecule has 0 aliphatic rings. The van der Waals surface area contributed by atoms with Gasteiger partial charge in [0.2, 0.25) is 0 Å². The van der Waals surface area contributed by atoms with Gasteiger partial charge < -0.3 is 4.42 Å². The molecule has 2 aromatic carbocycles. The lowest BCUT2D eigenvalue weighted by Gasteiger charge is -2.05. The van der Waals surface area contributed by atoms with E-state index in [1.54, 1.807) is 16.3 Å². The van der Waals surface area contributed by atoms with Crippen LogP contribution in [-0.4, -0.2) is 10.3 Å². The monoisotopic (exact) mass is 285 g/mol. The second-order valence-electron chi connectivity index (χ2n) is 4.60. The van der Waals surface area contributed by atoms with Crippen LogP contribution in [0.3, 0.4) is 0 Å². The van der Waals surface area contributed by atoms with Crippen molar-refractivity contribution in [2.24, 2.45) is 0 Å². The Hall–Kier alpha value is -1.94. The van der Waals surface area contributed by atoms with Gasteiger partial charge in [-0.1, -0.05) is 30.3 Å². The molecule has 0 fully saturated rings. The highest BCUT2D eigenvalue weighted by molar-refractivity contribution is 7.99. The van der Waals surface area contributed by atoms with Crippen LogP contribution in [0.2, 0.25) is 0 Å². The van der Waals surface area contributed by atoms with E-state index in [1.807, 2.05) is 36.4 Å². The van der Waals surface area contributed by atoms with Gasteiger partial charge in [0.25, 0.3) is 0 Å². The van der Waals surface area contributed by atoms with Crippen molar-refractivity contribution in [3.8, 4) is 0 Å². The van der Waals surface area contributed by atoms with Gasteiger partial charge in [-0.25, -0.2) is 4.79 Å². The third kappa shape index (κ3) is 2.51. The van der Waals surface area contributed by atoms with Gasteiger partial charge in [0.1, 0.15) is 0 Å². The Morgan fingerprint density at radius 2 is 1.85 bits per heavy atom. The van der Waals surface area contributed by atoms with Crippen LogP contribution >= 0.6 is 11.8 Å². The van der Waals surface area contributed by atoms with Crippen LogP contribution < -0.4 is 5.76 Å². The molecule has 3 rings (SSSR count). The van der Waals surface area contributed by atoms with E-state index in [0.29, 0.717) is 12.1 Å². The molecule has 20 heavy (non-hydrogen) atoms. The van der Waals surface area contributed by atoms with E-state index in [-0.39, 0.29) is 5.76 Å². The summed E-state index contributed by atoms with van der Waals surface area (Å²) in [5, 5.41) is 0. The van der Waals surface area contributed by atoms with Crippen molar-refractivity contribution in [3.05, 3.63) is 64.6 Å². The van der Waals surface area contributed by atoms with Crippen LogP contribution in [0.5, 0.6) is 0 Å². The topological polar surface area (TPSA) is 35.1 Å². The number of oxazole rings is 1. The first-order chi connectivity index (χ1) is 9.75. The Kier molecular flexibility index (Phi) is 3.65. The minimum atomic E-state index is -0.281. The van der Waals surface area contributed by atoms with Gasteiger partial charge in [-0.2, -0.15) is 0 Å². The zero-order chi connectivity index (χ0) is 13.9. The average Bonchev–Trinajstić information content (AvgIpc) is 2.77. The highest BCUT2D eigenvalue weighted by Gasteiger charge is 2.08. The van der Waals surface area contributed by atoms with Crippen LogP contribution in [0.15, 0.2) is 62.6 Å². The summed E-state index contributed by atoms with van der Waals surface area (Å²) in [7, 11) is 0. The maximum atomic E-state index is 11.8. The fraction of sp³-hybridized carbons (Fsp3) is 0.188. The van der Waals surface area contributed by atoms with Crippen LogP contribution in [0.25, 0.3) is 11.1 Å². The number of rotatable bonds is 4. The quantitative estimate of drug-likeness (QED) is 0.686. The van der Waals surface area contributed by atoms with E-state index < -0.39 is 0 Å². The molecule has 0 N–H and O–H groups in total. The van der Waals surface area contributed by atoms with Gasteiger partial charge in [-0.3, -0.25) is 4.57 Å². The summed E-state index contributed by atoms with van der Waals surface area (Å²) in [5.74, 6) is 0.561. The Morgan fingerprint density at radius 3 is 2.70 bits per heavy atom. The van der Waals surface area contributed by atoms with Gasteiger partial charge in [-0.05, 0) is 30.7 Å². The first-order valence-corrected chi connectivity index (χ1v) is 7.51. The molecule has 0 saturated heterocycles. The van der Waals surface area contributed by atoms with Crippen LogP contribution in [-0.2, 0) is 6.54 Å². The maximum absolute atomic E-state index is 11.8. The molecule has 0 aliphatic heterocycles. The largest absolute Gasteiger partial charge is 0.419 e. The predicted molar refractivity (Wildman–Crippen MR) is 82.4 cm³/mol. The molecule has 0 aliphatic carbocycles. The zero-order valence-corrected chi connectivity index (χ0v) is 12.0. The van der Waals surface area contributed by atoms with Crippen molar-refractivity contribution < 1.29 is 4.42 Å². The second-order valence-corrected chi connectivity index (χ2v) is 5.74. The Labute approximate surface area is 121 Å². The van der Waals surface area contributed by atoms with Gasteiger partial charge in [0.05, 0.1) is 5.52 Å². The van der Waals surface area contributed by atoms with E-state index >= 15 is 0 Å². The summed E-state index contributed by atoms with van der Waals surface area (Å²) >= 11 is 1.76. The molecule has 4 heteroatoms. The van der Waals surface area contributed by atoms with Crippen molar-refractivity contribution in [1.82, 2.24) is 4.57 Å². The molecule has 0 bridgehead atoms. The van der Waals surface area contributed by atoms with Gasteiger partial charge >= 0.3 is 5.76 Å². The SMILES string of the molecule is Cc1ccccc1SCCn1c(=O)oc2ccccc21. The first kappa shape index (κ1) is 13.1. The average molecular weight is 285 g/mol. The lowest BCUT2D eigenvalue weighted by atomic mass is 10.2. The summed E-state index contributed by atoms with van der Waals surface area (Å²) < 4.78 is 6.92. The van der Waals surface area contributed by atoms with Gasteiger partial charge in [0.15, 0.2) is 5.58 Å². The van der Waals surface area contributed by atoms with Crippen molar-refractivity contribution in [1.29, 1.82) is 0 Å². The number of para-hydroxylation sites is 2. The molecule has 102 valence electrons. The molecule has 3 nitrogen and oxygen atoms in total. The Balaban J connectivity index is 1.76. The number of benzene rings is 2. The Bertz CT molecular complexity index is 788. The highest BCUT2D eigenvalue weighted by atomic mass is 32.2. The molecular formula is C16H15NO2S. The fourth-order valence-corrected chi connectivity index (χ4v) is 3.16. The van der Waals surface area contributed by atoms with Crippen LogP contribution in [0.4, 0.5) is 0 Å². The van der Waals surface area contributed by atoms with E-state index in [1.165, 1.54) is 10.5 Å². The lowest BCUT2D eigenvalue weighted by Crippen LogP contribution is -2.15.